The minimum atomic E-state index is -1.51. The number of phenols is 1. The Morgan fingerprint density at radius 1 is 0.809 bits per heavy atom. The molecule has 6 rings (SSSR count). The highest BCUT2D eigenvalue weighted by Crippen LogP contribution is 2.49. The largest absolute Gasteiger partial charge is 0.508 e. The molecule has 246 valence electrons. The van der Waals surface area contributed by atoms with E-state index >= 15 is 0 Å². The summed E-state index contributed by atoms with van der Waals surface area (Å²) in [7, 11) is 0. The van der Waals surface area contributed by atoms with Gasteiger partial charge >= 0.3 is 0 Å². The number of β-lactam (4-membered cyclic amide) rings is 1. The van der Waals surface area contributed by atoms with Gasteiger partial charge in [-0.1, -0.05) is 60.7 Å². The van der Waals surface area contributed by atoms with Gasteiger partial charge in [-0.2, -0.15) is 0 Å². The number of hydrogen-bond donors (Lipinski definition) is 6. The summed E-state index contributed by atoms with van der Waals surface area (Å²) in [4.78, 5) is 15.1. The highest BCUT2D eigenvalue weighted by molar-refractivity contribution is 6.03. The molecule has 0 saturated carbocycles. The van der Waals surface area contributed by atoms with Crippen LogP contribution in [0.1, 0.15) is 54.7 Å². The van der Waals surface area contributed by atoms with Crippen molar-refractivity contribution in [2.45, 2.75) is 68.5 Å². The monoisotopic (exact) mass is 643 g/mol. The summed E-state index contributed by atoms with van der Waals surface area (Å²) < 4.78 is 19.0. The average molecular weight is 644 g/mol. The van der Waals surface area contributed by atoms with Gasteiger partial charge in [0, 0.05) is 11.3 Å². The molecule has 9 atom stereocenters. The predicted molar refractivity (Wildman–Crippen MR) is 172 cm³/mol. The number of anilines is 1. The van der Waals surface area contributed by atoms with E-state index in [0.717, 1.165) is 0 Å². The van der Waals surface area contributed by atoms with Crippen LogP contribution in [-0.4, -0.2) is 67.1 Å². The lowest BCUT2D eigenvalue weighted by Crippen LogP contribution is -2.58. The van der Waals surface area contributed by atoms with Gasteiger partial charge in [0.1, 0.15) is 42.1 Å². The van der Waals surface area contributed by atoms with Crippen LogP contribution in [0.15, 0.2) is 97.1 Å². The van der Waals surface area contributed by atoms with Gasteiger partial charge in [0.15, 0.2) is 0 Å². The zero-order valence-electron chi connectivity index (χ0n) is 25.7. The van der Waals surface area contributed by atoms with E-state index < -0.39 is 60.5 Å². The van der Waals surface area contributed by atoms with Crippen LogP contribution < -0.4 is 4.90 Å². The molecule has 2 aliphatic rings. The Morgan fingerprint density at radius 3 is 2.21 bits per heavy atom. The standard InChI is InChI=1S/C37H38FNO8/c1-20-32(42)34(44)35(45)36(47-20)33(43)24-7-5-6-22(18-24)23-12-15-27(30(41)19-23)31-28(37(46)39(31)26-8-3-2-4-9-26)16-17-29(40)21-10-13-25(38)14-11-21/h2-15,18-20,28-29,31-36,40-45H,16-17H2,1H3/t20-,28+,29-,31+,32-,33+,34+,35-,36+/m0/s1. The van der Waals surface area contributed by atoms with E-state index in [1.54, 1.807) is 48.2 Å². The van der Waals surface area contributed by atoms with Crippen molar-refractivity contribution in [3.8, 4) is 16.9 Å². The Bertz CT molecular complexity index is 1700. The normalized spacial score (nSPS) is 27.3. The van der Waals surface area contributed by atoms with Crippen molar-refractivity contribution in [2.24, 2.45) is 5.92 Å². The third-order valence-corrected chi connectivity index (χ3v) is 9.37. The fourth-order valence-corrected chi connectivity index (χ4v) is 6.66. The van der Waals surface area contributed by atoms with Crippen LogP contribution in [0.3, 0.4) is 0 Å². The number of halogens is 1. The number of aliphatic hydroxyl groups is 5. The molecule has 2 aliphatic heterocycles. The van der Waals surface area contributed by atoms with Crippen molar-refractivity contribution >= 4 is 11.6 Å². The molecule has 0 aliphatic carbocycles. The maximum absolute atomic E-state index is 13.5. The molecule has 1 amide bonds. The van der Waals surface area contributed by atoms with Crippen LogP contribution >= 0.6 is 0 Å². The number of para-hydroxylation sites is 1. The molecule has 6 N–H and O–H groups in total. The number of benzene rings is 4. The summed E-state index contributed by atoms with van der Waals surface area (Å²) >= 11 is 0. The number of rotatable bonds is 9. The summed E-state index contributed by atoms with van der Waals surface area (Å²) in [5, 5.41) is 63.9. The quantitative estimate of drug-likeness (QED) is 0.148. The molecule has 2 saturated heterocycles. The first kappa shape index (κ1) is 32.8. The van der Waals surface area contributed by atoms with Gasteiger partial charge in [-0.25, -0.2) is 4.39 Å². The summed E-state index contributed by atoms with van der Waals surface area (Å²) in [5.41, 5.74) is 3.48. The molecule has 0 unspecified atom stereocenters. The summed E-state index contributed by atoms with van der Waals surface area (Å²) in [6, 6.07) is 26.3. The Hall–Kier alpha value is -4.16. The van der Waals surface area contributed by atoms with Gasteiger partial charge in [-0.05, 0) is 78.4 Å². The fourth-order valence-electron chi connectivity index (χ4n) is 6.66. The fraction of sp³-hybridized carbons (Fsp3) is 0.324. The van der Waals surface area contributed by atoms with E-state index in [-0.39, 0.29) is 18.1 Å². The van der Waals surface area contributed by atoms with E-state index in [1.807, 2.05) is 36.4 Å². The molecule has 2 heterocycles. The number of phenolic OH excluding ortho intramolecular Hbond substituents is 1. The van der Waals surface area contributed by atoms with Crippen molar-refractivity contribution in [1.29, 1.82) is 0 Å². The maximum atomic E-state index is 13.5. The van der Waals surface area contributed by atoms with E-state index in [4.69, 9.17) is 4.74 Å². The Morgan fingerprint density at radius 2 is 1.51 bits per heavy atom. The summed E-state index contributed by atoms with van der Waals surface area (Å²) in [6.45, 7) is 1.55. The molecule has 0 aromatic heterocycles. The van der Waals surface area contributed by atoms with Crippen LogP contribution in [0.4, 0.5) is 10.1 Å². The second kappa shape index (κ2) is 13.5. The number of hydrogen-bond acceptors (Lipinski definition) is 8. The lowest BCUT2D eigenvalue weighted by atomic mass is 9.77. The molecule has 2 fully saturated rings. The van der Waals surface area contributed by atoms with Crippen molar-refractivity contribution < 1.29 is 44.6 Å². The van der Waals surface area contributed by atoms with Crippen molar-refractivity contribution in [3.05, 3.63) is 120 Å². The zero-order valence-corrected chi connectivity index (χ0v) is 25.7. The van der Waals surface area contributed by atoms with Gasteiger partial charge in [0.05, 0.1) is 24.2 Å². The van der Waals surface area contributed by atoms with Gasteiger partial charge in [-0.15, -0.1) is 0 Å². The minimum Gasteiger partial charge on any atom is -0.508 e. The molecule has 4 aromatic rings. The number of amides is 1. The number of nitrogens with zero attached hydrogens (tertiary/aromatic N) is 1. The highest BCUT2D eigenvalue weighted by atomic mass is 19.1. The smallest absolute Gasteiger partial charge is 0.233 e. The summed E-state index contributed by atoms with van der Waals surface area (Å²) in [5.74, 6) is -1.08. The van der Waals surface area contributed by atoms with Crippen molar-refractivity contribution in [2.75, 3.05) is 4.90 Å². The van der Waals surface area contributed by atoms with Crippen LogP contribution in [-0.2, 0) is 9.53 Å². The third-order valence-electron chi connectivity index (χ3n) is 9.37. The summed E-state index contributed by atoms with van der Waals surface area (Å²) in [6.07, 6.45) is -7.84. The number of carbonyl (C=O) groups excluding carboxylic acids is 1. The average Bonchev–Trinajstić information content (AvgIpc) is 3.08. The third kappa shape index (κ3) is 6.40. The van der Waals surface area contributed by atoms with Crippen LogP contribution in [0.25, 0.3) is 11.1 Å². The number of aromatic hydroxyl groups is 1. The van der Waals surface area contributed by atoms with Gasteiger partial charge in [0.2, 0.25) is 5.91 Å². The van der Waals surface area contributed by atoms with E-state index in [1.165, 1.54) is 24.3 Å². The minimum absolute atomic E-state index is 0.0343. The first-order valence-corrected chi connectivity index (χ1v) is 15.7. The molecular weight excluding hydrogens is 605 g/mol. The molecule has 4 aromatic carbocycles. The molecule has 10 heteroatoms. The van der Waals surface area contributed by atoms with Crippen molar-refractivity contribution in [3.63, 3.8) is 0 Å². The molecule has 0 spiro atoms. The Labute approximate surface area is 271 Å². The van der Waals surface area contributed by atoms with Crippen LogP contribution in [0, 0.1) is 11.7 Å². The van der Waals surface area contributed by atoms with E-state index in [0.29, 0.717) is 39.9 Å². The van der Waals surface area contributed by atoms with Crippen molar-refractivity contribution in [1.82, 2.24) is 0 Å². The number of ether oxygens (including phenoxy) is 1. The maximum Gasteiger partial charge on any atom is 0.233 e. The Kier molecular flexibility index (Phi) is 9.43. The van der Waals surface area contributed by atoms with E-state index in [2.05, 4.69) is 0 Å². The SMILES string of the molecule is C[C@@H]1O[C@H]([C@H](O)c2cccc(-c3ccc([C@@H]4[C@@H](CC[C@H](O)c5ccc(F)cc5)C(=O)N4c4ccccc4)c(O)c3)c2)[C@@H](O)[C@H](O)[C@H]1O. The second-order valence-electron chi connectivity index (χ2n) is 12.4. The topological polar surface area (TPSA) is 151 Å². The van der Waals surface area contributed by atoms with Gasteiger partial charge < -0.3 is 40.3 Å². The van der Waals surface area contributed by atoms with E-state index in [9.17, 15) is 39.8 Å². The number of carbonyl (C=O) groups is 1. The van der Waals surface area contributed by atoms with Crippen LogP contribution in [0.5, 0.6) is 5.75 Å². The molecule has 47 heavy (non-hydrogen) atoms. The van der Waals surface area contributed by atoms with Gasteiger partial charge in [0.25, 0.3) is 0 Å². The molecular formula is C37H38FNO8. The molecule has 9 nitrogen and oxygen atoms in total. The van der Waals surface area contributed by atoms with Crippen LogP contribution in [0.2, 0.25) is 0 Å². The Balaban J connectivity index is 1.25. The lowest BCUT2D eigenvalue weighted by molar-refractivity contribution is -0.239. The first-order chi connectivity index (χ1) is 22.5. The lowest BCUT2D eigenvalue weighted by Gasteiger charge is -2.48. The predicted octanol–water partition coefficient (Wildman–Crippen LogP) is 4.32. The highest BCUT2D eigenvalue weighted by Gasteiger charge is 2.49. The number of aliphatic hydroxyl groups excluding tert-OH is 5. The van der Waals surface area contributed by atoms with Gasteiger partial charge in [-0.3, -0.25) is 4.79 Å². The molecule has 0 radical (unpaired) electrons. The first-order valence-electron chi connectivity index (χ1n) is 15.7. The second-order valence-corrected chi connectivity index (χ2v) is 12.4. The molecule has 0 bridgehead atoms. The zero-order chi connectivity index (χ0) is 33.4.